The smallest absolute Gasteiger partial charge is 0.273 e. The van der Waals surface area contributed by atoms with E-state index in [1.54, 1.807) is 4.90 Å². The molecule has 0 aliphatic carbocycles. The van der Waals surface area contributed by atoms with E-state index in [1.807, 2.05) is 12.3 Å². The van der Waals surface area contributed by atoms with Gasteiger partial charge in [0.1, 0.15) is 5.69 Å². The lowest BCUT2D eigenvalue weighted by molar-refractivity contribution is 0.0721. The highest BCUT2D eigenvalue weighted by Gasteiger charge is 2.24. The van der Waals surface area contributed by atoms with Gasteiger partial charge in [-0.05, 0) is 19.8 Å². The number of hydrogen-bond acceptors (Lipinski definition) is 3. The van der Waals surface area contributed by atoms with Crippen LogP contribution in [0.3, 0.4) is 0 Å². The lowest BCUT2D eigenvalue weighted by Gasteiger charge is -2.29. The third-order valence-corrected chi connectivity index (χ3v) is 3.62. The van der Waals surface area contributed by atoms with Gasteiger partial charge in [0.15, 0.2) is 0 Å². The first-order chi connectivity index (χ1) is 7.16. The van der Waals surface area contributed by atoms with Gasteiger partial charge in [0.05, 0.1) is 10.4 Å². The summed E-state index contributed by atoms with van der Waals surface area (Å²) in [5, 5.41) is 2.84. The molecule has 1 fully saturated rings. The Hall–Kier alpha value is -0.610. The molecule has 2 heterocycles. The van der Waals surface area contributed by atoms with Crippen molar-refractivity contribution in [2.45, 2.75) is 25.1 Å². The molecule has 0 spiro atoms. The fourth-order valence-corrected chi connectivity index (χ4v) is 2.64. The number of aryl methyl sites for hydroxylation is 1. The molecule has 5 heteroatoms. The Balaban J connectivity index is 2.07. The van der Waals surface area contributed by atoms with Crippen molar-refractivity contribution in [2.75, 3.05) is 13.1 Å². The van der Waals surface area contributed by atoms with Gasteiger partial charge in [-0.25, -0.2) is 4.98 Å². The second kappa shape index (κ2) is 4.49. The number of carbonyl (C=O) groups is 1. The molecule has 0 radical (unpaired) electrons. The SMILES string of the molecule is Cc1nc(C(=O)N2CCCC(Cl)C2)cs1. The highest BCUT2D eigenvalue weighted by Crippen LogP contribution is 2.18. The third-order valence-electron chi connectivity index (χ3n) is 2.49. The lowest BCUT2D eigenvalue weighted by Crippen LogP contribution is -2.40. The standard InChI is InChI=1S/C10H13ClN2OS/c1-7-12-9(6-15-7)10(14)13-4-2-3-8(11)5-13/h6,8H,2-5H2,1H3. The number of hydrogen-bond donors (Lipinski definition) is 0. The van der Waals surface area contributed by atoms with Crippen LogP contribution in [0.1, 0.15) is 28.3 Å². The molecular weight excluding hydrogens is 232 g/mol. The summed E-state index contributed by atoms with van der Waals surface area (Å²) in [7, 11) is 0. The number of nitrogens with zero attached hydrogens (tertiary/aromatic N) is 2. The van der Waals surface area contributed by atoms with Crippen molar-refractivity contribution in [1.82, 2.24) is 9.88 Å². The summed E-state index contributed by atoms with van der Waals surface area (Å²) >= 11 is 7.54. The van der Waals surface area contributed by atoms with E-state index < -0.39 is 0 Å². The number of likely N-dealkylation sites (tertiary alicyclic amines) is 1. The van der Waals surface area contributed by atoms with Crippen LogP contribution in [-0.2, 0) is 0 Å². The van der Waals surface area contributed by atoms with Crippen molar-refractivity contribution in [3.63, 3.8) is 0 Å². The first-order valence-electron chi connectivity index (χ1n) is 5.02. The summed E-state index contributed by atoms with van der Waals surface area (Å²) in [6, 6.07) is 0. The predicted octanol–water partition coefficient (Wildman–Crippen LogP) is 2.29. The highest BCUT2D eigenvalue weighted by atomic mass is 35.5. The van der Waals surface area contributed by atoms with Crippen LogP contribution in [-0.4, -0.2) is 34.3 Å². The van der Waals surface area contributed by atoms with E-state index in [4.69, 9.17) is 11.6 Å². The van der Waals surface area contributed by atoms with E-state index >= 15 is 0 Å². The van der Waals surface area contributed by atoms with Crippen LogP contribution >= 0.6 is 22.9 Å². The van der Waals surface area contributed by atoms with E-state index in [-0.39, 0.29) is 11.3 Å². The molecular formula is C10H13ClN2OS. The lowest BCUT2D eigenvalue weighted by atomic mass is 10.1. The van der Waals surface area contributed by atoms with Gasteiger partial charge in [0, 0.05) is 18.5 Å². The molecule has 1 aliphatic heterocycles. The van der Waals surface area contributed by atoms with Crippen LogP contribution in [0.2, 0.25) is 0 Å². The average Bonchev–Trinajstić information content (AvgIpc) is 2.64. The molecule has 82 valence electrons. The zero-order chi connectivity index (χ0) is 10.8. The topological polar surface area (TPSA) is 33.2 Å². The van der Waals surface area contributed by atoms with E-state index in [0.29, 0.717) is 12.2 Å². The van der Waals surface area contributed by atoms with Crippen LogP contribution in [0.5, 0.6) is 0 Å². The minimum atomic E-state index is 0.0182. The summed E-state index contributed by atoms with van der Waals surface area (Å²) in [5.74, 6) is 0.0182. The Morgan fingerprint density at radius 3 is 3.13 bits per heavy atom. The van der Waals surface area contributed by atoms with Crippen molar-refractivity contribution in [2.24, 2.45) is 0 Å². The summed E-state index contributed by atoms with van der Waals surface area (Å²) < 4.78 is 0. The fourth-order valence-electron chi connectivity index (χ4n) is 1.73. The monoisotopic (exact) mass is 244 g/mol. The highest BCUT2D eigenvalue weighted by molar-refractivity contribution is 7.09. The maximum absolute atomic E-state index is 12.0. The maximum Gasteiger partial charge on any atom is 0.273 e. The quantitative estimate of drug-likeness (QED) is 0.711. The largest absolute Gasteiger partial charge is 0.336 e. The molecule has 1 amide bonds. The second-order valence-electron chi connectivity index (χ2n) is 3.74. The van der Waals surface area contributed by atoms with E-state index in [2.05, 4.69) is 4.98 Å². The molecule has 1 unspecified atom stereocenters. The molecule has 1 aliphatic rings. The normalized spacial score (nSPS) is 21.7. The maximum atomic E-state index is 12.0. The number of alkyl halides is 1. The van der Waals surface area contributed by atoms with Gasteiger partial charge in [-0.2, -0.15) is 0 Å². The molecule has 0 bridgehead atoms. The molecule has 2 rings (SSSR count). The summed E-state index contributed by atoms with van der Waals surface area (Å²) in [6.45, 7) is 3.36. The van der Waals surface area contributed by atoms with Crippen LogP contribution in [0.15, 0.2) is 5.38 Å². The Bertz CT molecular complexity index is 366. The van der Waals surface area contributed by atoms with Gasteiger partial charge in [-0.3, -0.25) is 4.79 Å². The Morgan fingerprint density at radius 2 is 2.53 bits per heavy atom. The number of aromatic nitrogens is 1. The fraction of sp³-hybridized carbons (Fsp3) is 0.600. The molecule has 0 saturated carbocycles. The molecule has 1 aromatic rings. The Kier molecular flexibility index (Phi) is 3.26. The van der Waals surface area contributed by atoms with Crippen molar-refractivity contribution >= 4 is 28.8 Å². The van der Waals surface area contributed by atoms with Crippen molar-refractivity contribution in [1.29, 1.82) is 0 Å². The number of amides is 1. The van der Waals surface area contributed by atoms with Crippen LogP contribution < -0.4 is 0 Å². The van der Waals surface area contributed by atoms with Crippen LogP contribution in [0.4, 0.5) is 0 Å². The third kappa shape index (κ3) is 2.49. The number of rotatable bonds is 1. The van der Waals surface area contributed by atoms with Crippen molar-refractivity contribution < 1.29 is 4.79 Å². The van der Waals surface area contributed by atoms with Gasteiger partial charge >= 0.3 is 0 Å². The molecule has 0 N–H and O–H groups in total. The average molecular weight is 245 g/mol. The number of thiazole rings is 1. The van der Waals surface area contributed by atoms with E-state index in [0.717, 1.165) is 24.4 Å². The molecule has 1 saturated heterocycles. The predicted molar refractivity (Wildman–Crippen MR) is 61.6 cm³/mol. The van der Waals surface area contributed by atoms with E-state index in [9.17, 15) is 4.79 Å². The Morgan fingerprint density at radius 1 is 1.73 bits per heavy atom. The van der Waals surface area contributed by atoms with Gasteiger partial charge in [-0.15, -0.1) is 22.9 Å². The Labute approximate surface area is 98.1 Å². The first kappa shape index (κ1) is 10.9. The van der Waals surface area contributed by atoms with Crippen LogP contribution in [0.25, 0.3) is 0 Å². The molecule has 15 heavy (non-hydrogen) atoms. The second-order valence-corrected chi connectivity index (χ2v) is 5.42. The summed E-state index contributed by atoms with van der Waals surface area (Å²) in [5.41, 5.74) is 0.559. The van der Waals surface area contributed by atoms with Crippen molar-refractivity contribution in [3.05, 3.63) is 16.1 Å². The molecule has 0 aromatic carbocycles. The molecule has 1 aromatic heterocycles. The van der Waals surface area contributed by atoms with Gasteiger partial charge in [-0.1, -0.05) is 0 Å². The first-order valence-corrected chi connectivity index (χ1v) is 6.34. The van der Waals surface area contributed by atoms with E-state index in [1.165, 1.54) is 11.3 Å². The van der Waals surface area contributed by atoms with Crippen molar-refractivity contribution in [3.8, 4) is 0 Å². The minimum Gasteiger partial charge on any atom is -0.336 e. The van der Waals surface area contributed by atoms with Crippen LogP contribution in [0, 0.1) is 6.92 Å². The molecule has 1 atom stereocenters. The summed E-state index contributed by atoms with van der Waals surface area (Å²) in [6.07, 6.45) is 1.99. The number of halogens is 1. The zero-order valence-electron chi connectivity index (χ0n) is 8.57. The summed E-state index contributed by atoms with van der Waals surface area (Å²) in [4.78, 5) is 18.0. The van der Waals surface area contributed by atoms with Gasteiger partial charge < -0.3 is 4.90 Å². The number of piperidine rings is 1. The number of carbonyl (C=O) groups excluding carboxylic acids is 1. The molecule has 3 nitrogen and oxygen atoms in total. The minimum absolute atomic E-state index is 0.0182. The zero-order valence-corrected chi connectivity index (χ0v) is 10.1. The van der Waals surface area contributed by atoms with Gasteiger partial charge in [0.2, 0.25) is 0 Å². The van der Waals surface area contributed by atoms with Gasteiger partial charge in [0.25, 0.3) is 5.91 Å².